The molecule has 3 aromatic rings. The Bertz CT molecular complexity index is 974. The number of rotatable bonds is 6. The molecule has 0 atom stereocenters. The molecule has 0 radical (unpaired) electrons. The number of aryl methyl sites for hydroxylation is 1. The fraction of sp³-hybridized carbons (Fsp3) is 0.333. The topological polar surface area (TPSA) is 36.4 Å². The van der Waals surface area contributed by atoms with Crippen molar-refractivity contribution in [2.75, 3.05) is 25.0 Å². The van der Waals surface area contributed by atoms with Crippen molar-refractivity contribution in [1.29, 1.82) is 0 Å². The van der Waals surface area contributed by atoms with Gasteiger partial charge in [0.15, 0.2) is 0 Å². The highest BCUT2D eigenvalue weighted by Gasteiger charge is 2.18. The second kappa shape index (κ2) is 8.78. The quantitative estimate of drug-likeness (QED) is 0.584. The minimum Gasteiger partial charge on any atom is -0.371 e. The van der Waals surface area contributed by atoms with Crippen LogP contribution in [-0.2, 0) is 17.8 Å². The molecule has 4 rings (SSSR count). The van der Waals surface area contributed by atoms with Gasteiger partial charge in [0.05, 0.1) is 12.1 Å². The van der Waals surface area contributed by atoms with Crippen LogP contribution < -0.4 is 4.90 Å². The summed E-state index contributed by atoms with van der Waals surface area (Å²) in [6.45, 7) is 4.92. The van der Waals surface area contributed by atoms with Crippen molar-refractivity contribution in [3.8, 4) is 10.6 Å². The van der Waals surface area contributed by atoms with E-state index < -0.39 is 0 Å². The number of nitrogens with zero attached hydrogens (tertiary/aromatic N) is 3. The molecule has 5 heteroatoms. The van der Waals surface area contributed by atoms with Crippen LogP contribution in [0.25, 0.3) is 10.6 Å². The standard InChI is InChI=1S/C24H27N3OS/c1-18-9-11-19(12-10-18)24-25-21(17-29-24)15-23(28)26(2)16-20-7-3-4-8-22(20)27-13-5-6-14-27/h3-4,7-12,17H,5-6,13-16H2,1-2H3. The fourth-order valence-corrected chi connectivity index (χ4v) is 4.59. The molecule has 1 amide bonds. The maximum Gasteiger partial charge on any atom is 0.228 e. The molecule has 0 bridgehead atoms. The first-order chi connectivity index (χ1) is 14.1. The number of benzene rings is 2. The number of thiazole rings is 1. The van der Waals surface area contributed by atoms with Gasteiger partial charge in [0, 0.05) is 43.3 Å². The van der Waals surface area contributed by atoms with Gasteiger partial charge in [-0.05, 0) is 31.4 Å². The Balaban J connectivity index is 1.41. The summed E-state index contributed by atoms with van der Waals surface area (Å²) in [6, 6.07) is 16.8. The molecule has 1 aliphatic rings. The van der Waals surface area contributed by atoms with E-state index in [0.717, 1.165) is 29.4 Å². The molecule has 150 valence electrons. The molecule has 0 spiro atoms. The molecule has 2 heterocycles. The Kier molecular flexibility index (Phi) is 5.95. The third-order valence-corrected chi connectivity index (χ3v) is 6.39. The van der Waals surface area contributed by atoms with Gasteiger partial charge in [0.1, 0.15) is 5.01 Å². The van der Waals surface area contributed by atoms with Crippen LogP contribution in [0.3, 0.4) is 0 Å². The first-order valence-electron chi connectivity index (χ1n) is 10.2. The average Bonchev–Trinajstić information content (AvgIpc) is 3.41. The summed E-state index contributed by atoms with van der Waals surface area (Å²) in [7, 11) is 1.89. The number of carbonyl (C=O) groups is 1. The van der Waals surface area contributed by atoms with Gasteiger partial charge in [-0.25, -0.2) is 4.98 Å². The van der Waals surface area contributed by atoms with Crippen molar-refractivity contribution in [2.45, 2.75) is 32.7 Å². The summed E-state index contributed by atoms with van der Waals surface area (Å²) in [4.78, 5) is 21.8. The van der Waals surface area contributed by atoms with E-state index in [1.165, 1.54) is 29.7 Å². The van der Waals surface area contributed by atoms with Crippen LogP contribution in [0, 0.1) is 6.92 Å². The molecular weight excluding hydrogens is 378 g/mol. The van der Waals surface area contributed by atoms with Gasteiger partial charge in [0.25, 0.3) is 0 Å². The molecule has 0 N–H and O–H groups in total. The SMILES string of the molecule is Cc1ccc(-c2nc(CC(=O)N(C)Cc3ccccc3N3CCCC3)cs2)cc1. The van der Waals surface area contributed by atoms with Crippen LogP contribution in [-0.4, -0.2) is 35.9 Å². The number of hydrogen-bond donors (Lipinski definition) is 0. The van der Waals surface area contributed by atoms with Crippen molar-refractivity contribution >= 4 is 22.9 Å². The van der Waals surface area contributed by atoms with Crippen molar-refractivity contribution in [2.24, 2.45) is 0 Å². The molecule has 29 heavy (non-hydrogen) atoms. The van der Waals surface area contributed by atoms with Crippen molar-refractivity contribution in [1.82, 2.24) is 9.88 Å². The summed E-state index contributed by atoms with van der Waals surface area (Å²) in [5.74, 6) is 0.0991. The molecule has 4 nitrogen and oxygen atoms in total. The molecule has 2 aromatic carbocycles. The van der Waals surface area contributed by atoms with Crippen LogP contribution in [0.5, 0.6) is 0 Å². The normalized spacial score (nSPS) is 13.7. The zero-order valence-corrected chi connectivity index (χ0v) is 17.9. The molecule has 1 fully saturated rings. The zero-order valence-electron chi connectivity index (χ0n) is 17.1. The zero-order chi connectivity index (χ0) is 20.2. The van der Waals surface area contributed by atoms with Crippen molar-refractivity contribution in [3.63, 3.8) is 0 Å². The number of carbonyl (C=O) groups excluding carboxylic acids is 1. The van der Waals surface area contributed by atoms with E-state index in [2.05, 4.69) is 65.3 Å². The van der Waals surface area contributed by atoms with Crippen molar-refractivity contribution in [3.05, 3.63) is 70.7 Å². The maximum absolute atomic E-state index is 12.8. The van der Waals surface area contributed by atoms with Gasteiger partial charge in [0.2, 0.25) is 5.91 Å². The third kappa shape index (κ3) is 4.67. The number of amides is 1. The van der Waals surface area contributed by atoms with Gasteiger partial charge in [-0.2, -0.15) is 0 Å². The van der Waals surface area contributed by atoms with Crippen LogP contribution in [0.4, 0.5) is 5.69 Å². The molecule has 1 saturated heterocycles. The van der Waals surface area contributed by atoms with E-state index in [0.29, 0.717) is 13.0 Å². The largest absolute Gasteiger partial charge is 0.371 e. The number of para-hydroxylation sites is 1. The van der Waals surface area contributed by atoms with Crippen LogP contribution in [0.15, 0.2) is 53.9 Å². The van der Waals surface area contributed by atoms with Gasteiger partial charge in [-0.1, -0.05) is 48.0 Å². The number of likely N-dealkylation sites (N-methyl/N-ethyl adjacent to an activating group) is 1. The highest BCUT2D eigenvalue weighted by Crippen LogP contribution is 2.26. The lowest BCUT2D eigenvalue weighted by Gasteiger charge is -2.24. The predicted octanol–water partition coefficient (Wildman–Crippen LogP) is 4.92. The molecule has 0 saturated carbocycles. The predicted molar refractivity (Wildman–Crippen MR) is 120 cm³/mol. The van der Waals surface area contributed by atoms with Gasteiger partial charge >= 0.3 is 0 Å². The van der Waals surface area contributed by atoms with Crippen LogP contribution >= 0.6 is 11.3 Å². The lowest BCUT2D eigenvalue weighted by Crippen LogP contribution is -2.29. The lowest BCUT2D eigenvalue weighted by atomic mass is 10.1. The van der Waals surface area contributed by atoms with Crippen LogP contribution in [0.1, 0.15) is 29.7 Å². The molecule has 0 unspecified atom stereocenters. The summed E-state index contributed by atoms with van der Waals surface area (Å²) in [6.07, 6.45) is 2.83. The van der Waals surface area contributed by atoms with Crippen LogP contribution in [0.2, 0.25) is 0 Å². The minimum atomic E-state index is 0.0991. The first kappa shape index (κ1) is 19.6. The number of aromatic nitrogens is 1. The monoisotopic (exact) mass is 405 g/mol. The fourth-order valence-electron chi connectivity index (χ4n) is 3.76. The van der Waals surface area contributed by atoms with Gasteiger partial charge in [-0.3, -0.25) is 4.79 Å². The average molecular weight is 406 g/mol. The second-order valence-electron chi connectivity index (χ2n) is 7.76. The lowest BCUT2D eigenvalue weighted by molar-refractivity contribution is -0.129. The number of anilines is 1. The van der Waals surface area contributed by atoms with E-state index in [1.807, 2.05) is 17.3 Å². The molecule has 0 aliphatic carbocycles. The Labute approximate surface area is 176 Å². The van der Waals surface area contributed by atoms with E-state index in [9.17, 15) is 4.79 Å². The van der Waals surface area contributed by atoms with Gasteiger partial charge < -0.3 is 9.80 Å². The van der Waals surface area contributed by atoms with Crippen molar-refractivity contribution < 1.29 is 4.79 Å². The Hall–Kier alpha value is -2.66. The highest BCUT2D eigenvalue weighted by molar-refractivity contribution is 7.13. The van der Waals surface area contributed by atoms with E-state index in [1.54, 1.807) is 11.3 Å². The van der Waals surface area contributed by atoms with E-state index >= 15 is 0 Å². The molecule has 1 aliphatic heterocycles. The van der Waals surface area contributed by atoms with E-state index in [-0.39, 0.29) is 5.91 Å². The minimum absolute atomic E-state index is 0.0991. The second-order valence-corrected chi connectivity index (χ2v) is 8.62. The summed E-state index contributed by atoms with van der Waals surface area (Å²) in [5, 5.41) is 2.97. The smallest absolute Gasteiger partial charge is 0.228 e. The maximum atomic E-state index is 12.8. The summed E-state index contributed by atoms with van der Waals surface area (Å²) in [5.41, 5.74) is 5.66. The Morgan fingerprint density at radius 1 is 1.10 bits per heavy atom. The Morgan fingerprint density at radius 2 is 1.83 bits per heavy atom. The summed E-state index contributed by atoms with van der Waals surface area (Å²) < 4.78 is 0. The summed E-state index contributed by atoms with van der Waals surface area (Å²) >= 11 is 1.60. The molecular formula is C24H27N3OS. The third-order valence-electron chi connectivity index (χ3n) is 5.45. The van der Waals surface area contributed by atoms with Gasteiger partial charge in [-0.15, -0.1) is 11.3 Å². The number of hydrogen-bond acceptors (Lipinski definition) is 4. The van der Waals surface area contributed by atoms with E-state index in [4.69, 9.17) is 0 Å². The Morgan fingerprint density at radius 3 is 2.59 bits per heavy atom. The first-order valence-corrected chi connectivity index (χ1v) is 11.1. The molecule has 1 aromatic heterocycles. The highest BCUT2D eigenvalue weighted by atomic mass is 32.1.